The van der Waals surface area contributed by atoms with Gasteiger partial charge in [-0.15, -0.1) is 11.3 Å². The van der Waals surface area contributed by atoms with Gasteiger partial charge in [-0.2, -0.15) is 0 Å². The number of hydrogen-bond donors (Lipinski definition) is 1. The summed E-state index contributed by atoms with van der Waals surface area (Å²) in [7, 11) is 0. The van der Waals surface area contributed by atoms with Crippen LogP contribution in [0.15, 0.2) is 46.3 Å². The average Bonchev–Trinajstić information content (AvgIpc) is 2.73. The number of hydrogen-bond acceptors (Lipinski definition) is 3. The van der Waals surface area contributed by atoms with Gasteiger partial charge in [0.05, 0.1) is 3.79 Å². The highest BCUT2D eigenvalue weighted by molar-refractivity contribution is 9.11. The molecule has 2 atom stereocenters. The van der Waals surface area contributed by atoms with Crippen LogP contribution in [0.5, 0.6) is 5.75 Å². The van der Waals surface area contributed by atoms with Crippen LogP contribution in [0.2, 0.25) is 0 Å². The molecule has 2 unspecified atom stereocenters. The molecule has 2 N–H and O–H groups in total. The van der Waals surface area contributed by atoms with E-state index in [0.717, 1.165) is 14.4 Å². The van der Waals surface area contributed by atoms with Crippen molar-refractivity contribution in [1.82, 2.24) is 0 Å². The van der Waals surface area contributed by atoms with Crippen LogP contribution in [-0.4, -0.2) is 6.04 Å². The summed E-state index contributed by atoms with van der Waals surface area (Å²) in [6, 6.07) is 13.8. The molecule has 2 aromatic rings. The van der Waals surface area contributed by atoms with Crippen molar-refractivity contribution in [2.24, 2.45) is 5.73 Å². The van der Waals surface area contributed by atoms with E-state index in [-0.39, 0.29) is 12.1 Å². The molecule has 17 heavy (non-hydrogen) atoms. The quantitative estimate of drug-likeness (QED) is 0.927. The highest BCUT2D eigenvalue weighted by Crippen LogP contribution is 2.31. The fraction of sp³-hybridized carbons (Fsp3) is 0.231. The van der Waals surface area contributed by atoms with Gasteiger partial charge in [0.15, 0.2) is 0 Å². The maximum Gasteiger partial charge on any atom is 0.148 e. The van der Waals surface area contributed by atoms with Crippen LogP contribution in [-0.2, 0) is 0 Å². The molecule has 0 spiro atoms. The second-order valence-corrected chi connectivity index (χ2v) is 6.35. The Balaban J connectivity index is 2.19. The lowest BCUT2D eigenvalue weighted by Gasteiger charge is -2.21. The Kier molecular flexibility index (Phi) is 4.20. The van der Waals surface area contributed by atoms with E-state index in [2.05, 4.69) is 15.9 Å². The fourth-order valence-electron chi connectivity index (χ4n) is 1.55. The van der Waals surface area contributed by atoms with Crippen LogP contribution in [0.3, 0.4) is 0 Å². The summed E-state index contributed by atoms with van der Waals surface area (Å²) in [6.45, 7) is 1.96. The minimum Gasteiger partial charge on any atom is -0.483 e. The lowest BCUT2D eigenvalue weighted by Crippen LogP contribution is -2.28. The Morgan fingerprint density at radius 3 is 2.41 bits per heavy atom. The van der Waals surface area contributed by atoms with Crippen molar-refractivity contribution in [2.45, 2.75) is 19.1 Å². The molecular formula is C13H14BrNOS. The third kappa shape index (κ3) is 3.31. The molecule has 1 heterocycles. The molecule has 0 bridgehead atoms. The first-order valence-corrected chi connectivity index (χ1v) is 7.00. The summed E-state index contributed by atoms with van der Waals surface area (Å²) < 4.78 is 7.03. The third-order valence-corrected chi connectivity index (χ3v) is 4.04. The number of halogens is 1. The van der Waals surface area contributed by atoms with Crippen LogP contribution in [0.25, 0.3) is 0 Å². The van der Waals surface area contributed by atoms with Gasteiger partial charge in [0.25, 0.3) is 0 Å². The van der Waals surface area contributed by atoms with Crippen LogP contribution in [0.1, 0.15) is 17.9 Å². The van der Waals surface area contributed by atoms with Crippen LogP contribution in [0.4, 0.5) is 0 Å². The van der Waals surface area contributed by atoms with Crippen molar-refractivity contribution in [1.29, 1.82) is 0 Å². The number of rotatable bonds is 4. The molecule has 2 nitrogen and oxygen atoms in total. The molecule has 90 valence electrons. The van der Waals surface area contributed by atoms with E-state index in [1.807, 2.05) is 49.4 Å². The SMILES string of the molecule is CC(N)C(Oc1ccccc1)c1ccc(Br)s1. The highest BCUT2D eigenvalue weighted by Gasteiger charge is 2.19. The van der Waals surface area contributed by atoms with Crippen molar-refractivity contribution in [2.75, 3.05) is 0 Å². The second kappa shape index (κ2) is 5.67. The van der Waals surface area contributed by atoms with Gasteiger partial charge in [0.1, 0.15) is 11.9 Å². The second-order valence-electron chi connectivity index (χ2n) is 3.85. The zero-order chi connectivity index (χ0) is 12.3. The predicted molar refractivity (Wildman–Crippen MR) is 75.5 cm³/mol. The van der Waals surface area contributed by atoms with Crippen molar-refractivity contribution < 1.29 is 4.74 Å². The fourth-order valence-corrected chi connectivity index (χ4v) is 3.12. The molecule has 2 rings (SSSR count). The summed E-state index contributed by atoms with van der Waals surface area (Å²) in [5.74, 6) is 0.847. The molecule has 0 aliphatic rings. The van der Waals surface area contributed by atoms with E-state index < -0.39 is 0 Å². The maximum absolute atomic E-state index is 5.99. The van der Waals surface area contributed by atoms with E-state index in [1.54, 1.807) is 11.3 Å². The minimum atomic E-state index is -0.103. The Morgan fingerprint density at radius 2 is 1.88 bits per heavy atom. The monoisotopic (exact) mass is 311 g/mol. The first kappa shape index (κ1) is 12.6. The summed E-state index contributed by atoms with van der Waals surface area (Å²) in [4.78, 5) is 1.13. The van der Waals surface area contributed by atoms with Gasteiger partial charge in [-0.05, 0) is 47.1 Å². The Labute approximate surface area is 114 Å². The van der Waals surface area contributed by atoms with Gasteiger partial charge >= 0.3 is 0 Å². The predicted octanol–water partition coefficient (Wildman–Crippen LogP) is 3.98. The average molecular weight is 312 g/mol. The summed E-state index contributed by atoms with van der Waals surface area (Å²) >= 11 is 5.11. The van der Waals surface area contributed by atoms with Gasteiger partial charge in [-0.3, -0.25) is 0 Å². The third-order valence-electron chi connectivity index (χ3n) is 2.36. The van der Waals surface area contributed by atoms with Gasteiger partial charge < -0.3 is 10.5 Å². The molecule has 0 radical (unpaired) electrons. The molecule has 4 heteroatoms. The summed E-state index contributed by atoms with van der Waals surface area (Å²) in [6.07, 6.45) is -0.103. The summed E-state index contributed by atoms with van der Waals surface area (Å²) in [5.41, 5.74) is 5.99. The van der Waals surface area contributed by atoms with E-state index in [4.69, 9.17) is 10.5 Å². The zero-order valence-electron chi connectivity index (χ0n) is 9.47. The van der Waals surface area contributed by atoms with Gasteiger partial charge in [-0.1, -0.05) is 18.2 Å². The van der Waals surface area contributed by atoms with Crippen LogP contribution >= 0.6 is 27.3 Å². The van der Waals surface area contributed by atoms with E-state index >= 15 is 0 Å². The molecule has 1 aromatic carbocycles. The van der Waals surface area contributed by atoms with Gasteiger partial charge in [0.2, 0.25) is 0 Å². The van der Waals surface area contributed by atoms with E-state index in [9.17, 15) is 0 Å². The Morgan fingerprint density at radius 1 is 1.18 bits per heavy atom. The normalized spacial score (nSPS) is 14.3. The standard InChI is InChI=1S/C13H14BrNOS/c1-9(15)13(11-7-8-12(14)17-11)16-10-5-3-2-4-6-10/h2-9,13H,15H2,1H3. The lowest BCUT2D eigenvalue weighted by atomic mass is 10.1. The van der Waals surface area contributed by atoms with E-state index in [0.29, 0.717) is 0 Å². The topological polar surface area (TPSA) is 35.2 Å². The molecule has 0 amide bonds. The summed E-state index contributed by atoms with van der Waals surface area (Å²) in [5, 5.41) is 0. The van der Waals surface area contributed by atoms with Crippen molar-refractivity contribution in [3.8, 4) is 5.75 Å². The Bertz CT molecular complexity index is 469. The maximum atomic E-state index is 5.99. The Hall–Kier alpha value is -0.840. The molecule has 1 aromatic heterocycles. The highest BCUT2D eigenvalue weighted by atomic mass is 79.9. The first-order chi connectivity index (χ1) is 8.16. The van der Waals surface area contributed by atoms with Gasteiger partial charge in [0, 0.05) is 10.9 Å². The minimum absolute atomic E-state index is 0.0549. The smallest absolute Gasteiger partial charge is 0.148 e. The zero-order valence-corrected chi connectivity index (χ0v) is 11.9. The number of benzene rings is 1. The molecular weight excluding hydrogens is 298 g/mol. The van der Waals surface area contributed by atoms with Crippen molar-refractivity contribution in [3.05, 3.63) is 51.1 Å². The number of para-hydroxylation sites is 1. The van der Waals surface area contributed by atoms with Crippen LogP contribution < -0.4 is 10.5 Å². The van der Waals surface area contributed by atoms with Gasteiger partial charge in [-0.25, -0.2) is 0 Å². The number of ether oxygens (including phenoxy) is 1. The largest absolute Gasteiger partial charge is 0.483 e. The molecule has 0 aliphatic carbocycles. The molecule has 0 saturated carbocycles. The van der Waals surface area contributed by atoms with E-state index in [1.165, 1.54) is 0 Å². The van der Waals surface area contributed by atoms with Crippen LogP contribution in [0, 0.1) is 0 Å². The number of thiophene rings is 1. The molecule has 0 aliphatic heterocycles. The first-order valence-electron chi connectivity index (χ1n) is 5.39. The number of nitrogens with two attached hydrogens (primary N) is 1. The van der Waals surface area contributed by atoms with Crippen molar-refractivity contribution in [3.63, 3.8) is 0 Å². The van der Waals surface area contributed by atoms with Crippen molar-refractivity contribution >= 4 is 27.3 Å². The molecule has 0 fully saturated rings. The molecule has 0 saturated heterocycles. The lowest BCUT2D eigenvalue weighted by molar-refractivity contribution is 0.184.